The number of rotatable bonds is 10. The van der Waals surface area contributed by atoms with E-state index in [2.05, 4.69) is 50.1 Å². The molecule has 122 valence electrons. The fourth-order valence-electron chi connectivity index (χ4n) is 2.51. The van der Waals surface area contributed by atoms with E-state index in [1.807, 2.05) is 0 Å². The smallest absolute Gasteiger partial charge is 0.228 e. The van der Waals surface area contributed by atoms with Gasteiger partial charge in [-0.25, -0.2) is 0 Å². The summed E-state index contributed by atoms with van der Waals surface area (Å²) in [6, 6.07) is 0.387. The molecule has 0 spiro atoms. The maximum atomic E-state index is 5.44. The van der Waals surface area contributed by atoms with Crippen LogP contribution >= 0.6 is 0 Å². The summed E-state index contributed by atoms with van der Waals surface area (Å²) < 4.78 is 10.9. The Bertz CT molecular complexity index is 391. The highest BCUT2D eigenvalue weighted by Gasteiger charge is 2.22. The van der Waals surface area contributed by atoms with Gasteiger partial charge in [-0.1, -0.05) is 39.8 Å². The van der Waals surface area contributed by atoms with E-state index < -0.39 is 0 Å². The van der Waals surface area contributed by atoms with Crippen LogP contribution in [0.3, 0.4) is 0 Å². The highest BCUT2D eigenvalue weighted by atomic mass is 16.5. The van der Waals surface area contributed by atoms with Crippen molar-refractivity contribution in [3.05, 3.63) is 11.7 Å². The predicted molar refractivity (Wildman–Crippen MR) is 84.1 cm³/mol. The molecule has 0 saturated carbocycles. The zero-order valence-corrected chi connectivity index (χ0v) is 14.3. The lowest BCUT2D eigenvalue weighted by molar-refractivity contribution is 0.0555. The van der Waals surface area contributed by atoms with Crippen LogP contribution in [0.2, 0.25) is 0 Å². The lowest BCUT2D eigenvalue weighted by Crippen LogP contribution is -2.33. The van der Waals surface area contributed by atoms with Gasteiger partial charge in [-0.05, 0) is 31.2 Å². The highest BCUT2D eigenvalue weighted by molar-refractivity contribution is 4.94. The number of hydrogen-bond acceptors (Lipinski definition) is 5. The van der Waals surface area contributed by atoms with Gasteiger partial charge in [0.05, 0.1) is 0 Å². The van der Waals surface area contributed by atoms with Crippen LogP contribution in [0.25, 0.3) is 0 Å². The van der Waals surface area contributed by atoms with Crippen molar-refractivity contribution in [2.75, 3.05) is 13.7 Å². The molecule has 1 heterocycles. The van der Waals surface area contributed by atoms with Crippen molar-refractivity contribution in [2.45, 2.75) is 66.0 Å². The van der Waals surface area contributed by atoms with Gasteiger partial charge in [0, 0.05) is 19.6 Å². The van der Waals surface area contributed by atoms with Crippen molar-refractivity contribution >= 4 is 0 Å². The number of aromatic nitrogens is 2. The molecule has 2 unspecified atom stereocenters. The van der Waals surface area contributed by atoms with E-state index in [1.165, 1.54) is 0 Å². The van der Waals surface area contributed by atoms with Crippen molar-refractivity contribution in [3.8, 4) is 0 Å². The first kappa shape index (κ1) is 18.1. The van der Waals surface area contributed by atoms with Crippen LogP contribution in [-0.2, 0) is 11.2 Å². The molecule has 1 rings (SSSR count). The van der Waals surface area contributed by atoms with Crippen molar-refractivity contribution in [1.82, 2.24) is 15.5 Å². The van der Waals surface area contributed by atoms with Gasteiger partial charge in [0.15, 0.2) is 0 Å². The van der Waals surface area contributed by atoms with Crippen LogP contribution < -0.4 is 5.32 Å². The maximum Gasteiger partial charge on any atom is 0.228 e. The van der Waals surface area contributed by atoms with Gasteiger partial charge in [0.2, 0.25) is 11.7 Å². The summed E-state index contributed by atoms with van der Waals surface area (Å²) in [4.78, 5) is 4.52. The molecule has 0 radical (unpaired) electrons. The van der Waals surface area contributed by atoms with Crippen LogP contribution in [-0.4, -0.2) is 29.8 Å². The summed E-state index contributed by atoms with van der Waals surface area (Å²) in [5.41, 5.74) is 0. The van der Waals surface area contributed by atoms with Crippen LogP contribution in [0.5, 0.6) is 0 Å². The molecule has 21 heavy (non-hydrogen) atoms. The summed E-state index contributed by atoms with van der Waals surface area (Å²) in [7, 11) is 1.69. The molecule has 0 aliphatic carbocycles. The van der Waals surface area contributed by atoms with E-state index in [4.69, 9.17) is 9.26 Å². The topological polar surface area (TPSA) is 60.2 Å². The van der Waals surface area contributed by atoms with Gasteiger partial charge in [0.1, 0.15) is 6.10 Å². The second kappa shape index (κ2) is 9.15. The number of nitrogens with zero attached hydrogens (tertiary/aromatic N) is 2. The lowest BCUT2D eigenvalue weighted by atomic mass is 10.0. The molecule has 0 aromatic carbocycles. The zero-order chi connectivity index (χ0) is 15.8. The van der Waals surface area contributed by atoms with E-state index in [9.17, 15) is 0 Å². The average molecular weight is 297 g/mol. The quantitative estimate of drug-likeness (QED) is 0.717. The van der Waals surface area contributed by atoms with Gasteiger partial charge in [-0.15, -0.1) is 0 Å². The second-order valence-corrected chi connectivity index (χ2v) is 6.43. The number of nitrogens with one attached hydrogen (secondary N) is 1. The molecule has 0 aliphatic rings. The Hall–Kier alpha value is -0.940. The Morgan fingerprint density at radius 1 is 1.24 bits per heavy atom. The number of hydrogen-bond donors (Lipinski definition) is 1. The zero-order valence-electron chi connectivity index (χ0n) is 14.3. The molecule has 1 N–H and O–H groups in total. The highest BCUT2D eigenvalue weighted by Crippen LogP contribution is 2.22. The maximum absolute atomic E-state index is 5.44. The van der Waals surface area contributed by atoms with Crippen molar-refractivity contribution < 1.29 is 9.26 Å². The monoisotopic (exact) mass is 297 g/mol. The molecular weight excluding hydrogens is 266 g/mol. The Balaban J connectivity index is 2.69. The molecule has 2 atom stereocenters. The third-order valence-corrected chi connectivity index (χ3v) is 3.46. The minimum absolute atomic E-state index is 0.102. The third kappa shape index (κ3) is 6.14. The first-order valence-corrected chi connectivity index (χ1v) is 8.06. The van der Waals surface area contributed by atoms with Crippen LogP contribution in [0, 0.1) is 11.8 Å². The van der Waals surface area contributed by atoms with E-state index >= 15 is 0 Å². The Labute approximate surface area is 128 Å². The van der Waals surface area contributed by atoms with Gasteiger partial charge < -0.3 is 14.6 Å². The van der Waals surface area contributed by atoms with E-state index in [0.29, 0.717) is 29.6 Å². The summed E-state index contributed by atoms with van der Waals surface area (Å²) in [6.07, 6.45) is 2.91. The van der Waals surface area contributed by atoms with Gasteiger partial charge in [-0.3, -0.25) is 0 Å². The van der Waals surface area contributed by atoms with Gasteiger partial charge >= 0.3 is 0 Å². The van der Waals surface area contributed by atoms with Crippen molar-refractivity contribution in [3.63, 3.8) is 0 Å². The Morgan fingerprint density at radius 3 is 2.48 bits per heavy atom. The van der Waals surface area contributed by atoms with Gasteiger partial charge in [-0.2, -0.15) is 4.98 Å². The minimum Gasteiger partial charge on any atom is -0.373 e. The second-order valence-electron chi connectivity index (χ2n) is 6.43. The third-order valence-electron chi connectivity index (χ3n) is 3.46. The number of methoxy groups -OCH3 is 1. The van der Waals surface area contributed by atoms with E-state index in [1.54, 1.807) is 7.11 Å². The van der Waals surface area contributed by atoms with E-state index in [-0.39, 0.29) is 6.10 Å². The number of ether oxygens (including phenoxy) is 1. The average Bonchev–Trinajstić information content (AvgIpc) is 2.84. The minimum atomic E-state index is -0.102. The molecule has 0 aliphatic heterocycles. The molecule has 5 heteroatoms. The summed E-state index contributed by atoms with van der Waals surface area (Å²) in [6.45, 7) is 11.9. The molecular formula is C16H31N3O2. The summed E-state index contributed by atoms with van der Waals surface area (Å²) >= 11 is 0. The Kier molecular flexibility index (Phi) is 7.89. The summed E-state index contributed by atoms with van der Waals surface area (Å²) in [5.74, 6) is 2.32. The summed E-state index contributed by atoms with van der Waals surface area (Å²) in [5, 5.41) is 7.65. The van der Waals surface area contributed by atoms with Crippen LogP contribution in [0.1, 0.15) is 65.3 Å². The normalized spacial score (nSPS) is 14.9. The van der Waals surface area contributed by atoms with Crippen LogP contribution in [0.15, 0.2) is 4.52 Å². The van der Waals surface area contributed by atoms with Crippen molar-refractivity contribution in [1.29, 1.82) is 0 Å². The van der Waals surface area contributed by atoms with Crippen LogP contribution in [0.4, 0.5) is 0 Å². The molecule has 0 fully saturated rings. The molecule has 0 saturated heterocycles. The molecule has 1 aromatic rings. The SMILES string of the molecule is CCCNC(Cc1nc(C(OC)C(C)C)no1)CC(C)C. The van der Waals surface area contributed by atoms with E-state index in [0.717, 1.165) is 25.8 Å². The van der Waals surface area contributed by atoms with Crippen molar-refractivity contribution in [2.24, 2.45) is 11.8 Å². The largest absolute Gasteiger partial charge is 0.373 e. The molecule has 0 amide bonds. The first-order chi connectivity index (χ1) is 9.97. The molecule has 1 aromatic heterocycles. The fourth-order valence-corrected chi connectivity index (χ4v) is 2.51. The predicted octanol–water partition coefficient (Wildman–Crippen LogP) is 3.37. The standard InChI is InChI=1S/C16H31N3O2/c1-7-8-17-13(9-11(2)3)10-14-18-16(19-21-14)15(20-6)12(4)5/h11-13,15,17H,7-10H2,1-6H3. The van der Waals surface area contributed by atoms with Gasteiger partial charge in [0.25, 0.3) is 0 Å². The molecule has 0 bridgehead atoms. The molecule has 5 nitrogen and oxygen atoms in total. The Morgan fingerprint density at radius 2 is 1.95 bits per heavy atom. The lowest BCUT2D eigenvalue weighted by Gasteiger charge is -2.18. The first-order valence-electron chi connectivity index (χ1n) is 8.06. The fraction of sp³-hybridized carbons (Fsp3) is 0.875.